The van der Waals surface area contributed by atoms with Crippen molar-refractivity contribution < 1.29 is 9.59 Å². The molecular weight excluding hydrogens is 436 g/mol. The highest BCUT2D eigenvalue weighted by molar-refractivity contribution is 7.15. The van der Waals surface area contributed by atoms with Gasteiger partial charge in [-0.05, 0) is 43.3 Å². The fourth-order valence-corrected chi connectivity index (χ4v) is 5.40. The largest absolute Gasteiger partial charge is 0.398 e. The summed E-state index contributed by atoms with van der Waals surface area (Å²) in [5.41, 5.74) is 11.1. The summed E-state index contributed by atoms with van der Waals surface area (Å²) in [5, 5.41) is 6.51. The number of hydrogen-bond acceptors (Lipinski definition) is 6. The molecule has 0 unspecified atom stereocenters. The van der Waals surface area contributed by atoms with Crippen LogP contribution < -0.4 is 21.3 Å². The number of nitrogen functional groups attached to an aromatic ring is 1. The summed E-state index contributed by atoms with van der Waals surface area (Å²) < 4.78 is 0. The van der Waals surface area contributed by atoms with Crippen LogP contribution in [0, 0.1) is 0 Å². The number of carbonyl (C=O) groups excluding carboxylic acids is 2. The summed E-state index contributed by atoms with van der Waals surface area (Å²) in [6.45, 7) is 2.78. The minimum Gasteiger partial charge on any atom is -0.398 e. The number of carbonyl (C=O) groups is 2. The van der Waals surface area contributed by atoms with E-state index in [1.807, 2.05) is 30.3 Å². The van der Waals surface area contributed by atoms with E-state index >= 15 is 0 Å². The second-order valence-electron chi connectivity index (χ2n) is 8.44. The number of anilines is 3. The van der Waals surface area contributed by atoms with Crippen molar-refractivity contribution in [2.24, 2.45) is 0 Å². The van der Waals surface area contributed by atoms with E-state index in [9.17, 15) is 9.59 Å². The quantitative estimate of drug-likeness (QED) is 0.517. The van der Waals surface area contributed by atoms with Crippen molar-refractivity contribution >= 4 is 39.8 Å². The zero-order valence-electron chi connectivity index (χ0n) is 18.4. The normalized spacial score (nSPS) is 15.1. The van der Waals surface area contributed by atoms with Crippen LogP contribution in [0.4, 0.5) is 21.3 Å². The minimum atomic E-state index is -0.202. The van der Waals surface area contributed by atoms with Crippen LogP contribution in [-0.2, 0) is 25.9 Å². The summed E-state index contributed by atoms with van der Waals surface area (Å²) in [7, 11) is 2.09. The summed E-state index contributed by atoms with van der Waals surface area (Å²) in [5.74, 6) is -0.202. The first-order valence-electron chi connectivity index (χ1n) is 11.0. The lowest BCUT2D eigenvalue weighted by Crippen LogP contribution is -2.38. The minimum absolute atomic E-state index is 0.174. The van der Waals surface area contributed by atoms with Crippen molar-refractivity contribution in [3.63, 3.8) is 0 Å². The van der Waals surface area contributed by atoms with E-state index in [1.54, 1.807) is 17.0 Å². The highest BCUT2D eigenvalue weighted by Crippen LogP contribution is 2.32. The van der Waals surface area contributed by atoms with E-state index in [2.05, 4.69) is 27.6 Å². The lowest BCUT2D eigenvalue weighted by atomic mass is 10.1. The Labute approximate surface area is 196 Å². The van der Waals surface area contributed by atoms with E-state index in [1.165, 1.54) is 16.2 Å². The summed E-state index contributed by atoms with van der Waals surface area (Å²) in [6, 6.07) is 12.7. The SMILES string of the molecule is CN1CCc2nc(NC(=O)c3cccc(CNC(=O)N4CCc5c(N)cccc54)c3)sc2C1. The zero-order valence-corrected chi connectivity index (χ0v) is 19.2. The molecule has 3 aromatic rings. The van der Waals surface area contributed by atoms with Crippen molar-refractivity contribution in [1.82, 2.24) is 15.2 Å². The van der Waals surface area contributed by atoms with Gasteiger partial charge in [0.2, 0.25) is 0 Å². The van der Waals surface area contributed by atoms with Crippen LogP contribution in [-0.4, -0.2) is 42.0 Å². The van der Waals surface area contributed by atoms with E-state index < -0.39 is 0 Å². The van der Waals surface area contributed by atoms with Gasteiger partial charge in [0, 0.05) is 54.3 Å². The van der Waals surface area contributed by atoms with Crippen LogP contribution in [0.25, 0.3) is 0 Å². The van der Waals surface area contributed by atoms with Crippen LogP contribution in [0.15, 0.2) is 42.5 Å². The monoisotopic (exact) mass is 462 g/mol. The molecule has 0 saturated carbocycles. The molecular formula is C24H26N6O2S. The second-order valence-corrected chi connectivity index (χ2v) is 9.52. The third-order valence-electron chi connectivity index (χ3n) is 6.08. The van der Waals surface area contributed by atoms with Gasteiger partial charge in [-0.2, -0.15) is 0 Å². The first kappa shape index (κ1) is 21.4. The van der Waals surface area contributed by atoms with Gasteiger partial charge in [-0.1, -0.05) is 18.2 Å². The number of nitrogens with two attached hydrogens (primary N) is 1. The van der Waals surface area contributed by atoms with Crippen molar-refractivity contribution in [3.8, 4) is 0 Å². The molecule has 0 spiro atoms. The Morgan fingerprint density at radius 1 is 1.15 bits per heavy atom. The van der Waals surface area contributed by atoms with Gasteiger partial charge in [0.05, 0.1) is 11.4 Å². The first-order chi connectivity index (χ1) is 16.0. The fourth-order valence-electron chi connectivity index (χ4n) is 4.31. The number of hydrogen-bond donors (Lipinski definition) is 3. The second kappa shape index (κ2) is 8.84. The third-order valence-corrected chi connectivity index (χ3v) is 7.08. The molecule has 9 heteroatoms. The lowest BCUT2D eigenvalue weighted by Gasteiger charge is -2.20. The molecule has 5 rings (SSSR count). The maximum Gasteiger partial charge on any atom is 0.322 e. The Morgan fingerprint density at radius 2 is 2.00 bits per heavy atom. The number of thiazole rings is 1. The van der Waals surface area contributed by atoms with E-state index in [0.29, 0.717) is 23.8 Å². The van der Waals surface area contributed by atoms with Gasteiger partial charge in [0.25, 0.3) is 5.91 Å². The fraction of sp³-hybridized carbons (Fsp3) is 0.292. The molecule has 3 heterocycles. The van der Waals surface area contributed by atoms with Gasteiger partial charge in [0.15, 0.2) is 5.13 Å². The van der Waals surface area contributed by atoms with Crippen molar-refractivity contribution in [3.05, 3.63) is 69.7 Å². The standard InChI is InChI=1S/C24H26N6O2S/c1-29-10-9-19-21(14-29)33-23(27-19)28-22(31)16-5-2-4-15(12-16)13-26-24(32)30-11-8-17-18(25)6-3-7-20(17)30/h2-7,12H,8-11,13-14,25H2,1H3,(H,26,32)(H,27,28,31). The molecule has 0 bridgehead atoms. The molecule has 3 amide bonds. The Bertz CT molecular complexity index is 1220. The summed E-state index contributed by atoms with van der Waals surface area (Å²) >= 11 is 1.53. The first-order valence-corrected chi connectivity index (χ1v) is 11.8. The van der Waals surface area contributed by atoms with Crippen LogP contribution in [0.5, 0.6) is 0 Å². The zero-order chi connectivity index (χ0) is 22.9. The molecule has 0 atom stereocenters. The van der Waals surface area contributed by atoms with Crippen molar-refractivity contribution in [2.45, 2.75) is 25.9 Å². The number of amides is 3. The lowest BCUT2D eigenvalue weighted by molar-refractivity contribution is 0.102. The van der Waals surface area contributed by atoms with E-state index in [4.69, 9.17) is 5.73 Å². The molecule has 2 aromatic carbocycles. The number of fused-ring (bicyclic) bond motifs is 2. The molecule has 0 radical (unpaired) electrons. The number of nitrogens with one attached hydrogen (secondary N) is 2. The Balaban J connectivity index is 1.21. The highest BCUT2D eigenvalue weighted by Gasteiger charge is 2.26. The molecule has 4 N–H and O–H groups in total. The summed E-state index contributed by atoms with van der Waals surface area (Å²) in [6.07, 6.45) is 1.66. The third kappa shape index (κ3) is 4.42. The van der Waals surface area contributed by atoms with Gasteiger partial charge in [0.1, 0.15) is 0 Å². The Kier molecular flexibility index (Phi) is 5.74. The predicted octanol–water partition coefficient (Wildman–Crippen LogP) is 3.24. The van der Waals surface area contributed by atoms with Crippen molar-refractivity contribution in [1.29, 1.82) is 0 Å². The molecule has 33 heavy (non-hydrogen) atoms. The van der Waals surface area contributed by atoms with Crippen LogP contribution in [0.2, 0.25) is 0 Å². The van der Waals surface area contributed by atoms with Crippen molar-refractivity contribution in [2.75, 3.05) is 36.1 Å². The van der Waals surface area contributed by atoms with Gasteiger partial charge >= 0.3 is 6.03 Å². The van der Waals surface area contributed by atoms with Gasteiger partial charge in [-0.15, -0.1) is 11.3 Å². The summed E-state index contributed by atoms with van der Waals surface area (Å²) in [4.78, 5) is 35.3. The number of benzene rings is 2. The van der Waals surface area contributed by atoms with E-state index in [0.717, 1.165) is 54.1 Å². The molecule has 0 saturated heterocycles. The van der Waals surface area contributed by atoms with E-state index in [-0.39, 0.29) is 11.9 Å². The maximum atomic E-state index is 12.8. The molecule has 170 valence electrons. The predicted molar refractivity (Wildman–Crippen MR) is 131 cm³/mol. The molecule has 0 aliphatic carbocycles. The average molecular weight is 463 g/mol. The average Bonchev–Trinajstić information content (AvgIpc) is 3.42. The highest BCUT2D eigenvalue weighted by atomic mass is 32.1. The Morgan fingerprint density at radius 3 is 2.88 bits per heavy atom. The number of rotatable bonds is 4. The molecule has 1 aromatic heterocycles. The van der Waals surface area contributed by atoms with Crippen LogP contribution in [0.1, 0.15) is 32.1 Å². The smallest absolute Gasteiger partial charge is 0.322 e. The molecule has 8 nitrogen and oxygen atoms in total. The Hall–Kier alpha value is -3.43. The van der Waals surface area contributed by atoms with Crippen LogP contribution in [0.3, 0.4) is 0 Å². The number of aromatic nitrogens is 1. The number of likely N-dealkylation sites (N-methyl/N-ethyl adjacent to an activating group) is 1. The molecule has 2 aliphatic rings. The number of nitrogens with zero attached hydrogens (tertiary/aromatic N) is 3. The van der Waals surface area contributed by atoms with Crippen LogP contribution >= 0.6 is 11.3 Å². The van der Waals surface area contributed by atoms with Gasteiger partial charge < -0.3 is 16.0 Å². The van der Waals surface area contributed by atoms with Gasteiger partial charge in [-0.3, -0.25) is 15.0 Å². The molecule has 2 aliphatic heterocycles. The number of urea groups is 1. The molecule has 0 fully saturated rings. The topological polar surface area (TPSA) is 104 Å². The maximum absolute atomic E-state index is 12.8. The van der Waals surface area contributed by atoms with Gasteiger partial charge in [-0.25, -0.2) is 9.78 Å².